The Morgan fingerprint density at radius 3 is 2.15 bits per heavy atom. The van der Waals surface area contributed by atoms with Crippen LogP contribution in [0.5, 0.6) is 0 Å². The van der Waals surface area contributed by atoms with E-state index in [-0.39, 0.29) is 12.8 Å². The van der Waals surface area contributed by atoms with Crippen molar-refractivity contribution in [3.63, 3.8) is 0 Å². The second-order valence-electron chi connectivity index (χ2n) is 7.88. The minimum Gasteiger partial charge on any atom is -0.481 e. The van der Waals surface area contributed by atoms with Gasteiger partial charge in [-0.15, -0.1) is 0 Å². The number of fused-ring (bicyclic) bond motifs is 1. The van der Waals surface area contributed by atoms with E-state index in [0.29, 0.717) is 0 Å². The molecule has 4 N–H and O–H groups in total. The largest absolute Gasteiger partial charge is 0.481 e. The minimum atomic E-state index is -1.08. The number of carbonyl (C=O) groups is 2. The van der Waals surface area contributed by atoms with Crippen LogP contribution < -0.4 is 10.6 Å². The van der Waals surface area contributed by atoms with Gasteiger partial charge >= 0.3 is 11.9 Å². The molecule has 0 spiro atoms. The topological polar surface area (TPSA) is 112 Å². The molecule has 0 saturated heterocycles. The lowest BCUT2D eigenvalue weighted by Gasteiger charge is -2.16. The highest BCUT2D eigenvalue weighted by Crippen LogP contribution is 2.31. The second-order valence-corrected chi connectivity index (χ2v) is 8.29. The van der Waals surface area contributed by atoms with E-state index in [2.05, 4.69) is 45.9 Å². The molecular weight excluding hydrogens is 454 g/mol. The van der Waals surface area contributed by atoms with Crippen LogP contribution in [0.2, 0.25) is 5.02 Å². The lowest BCUT2D eigenvalue weighted by atomic mass is 10.0. The lowest BCUT2D eigenvalue weighted by molar-refractivity contribution is -0.143. The first-order valence-corrected chi connectivity index (χ1v) is 11.5. The molecule has 178 valence electrons. The summed E-state index contributed by atoms with van der Waals surface area (Å²) in [6.07, 6.45) is 5.12. The van der Waals surface area contributed by atoms with Crippen molar-refractivity contribution in [2.75, 3.05) is 18.4 Å². The Morgan fingerprint density at radius 1 is 0.882 bits per heavy atom. The molecule has 4 rings (SSSR count). The molecule has 0 saturated carbocycles. The SMILES string of the molecule is Clc1ccc2c(c1NCc1ccc(-c3ccncc3)cc1)CCNCC2.O=C(O)CCC(=O)O. The van der Waals surface area contributed by atoms with Gasteiger partial charge in [-0.2, -0.15) is 0 Å². The molecular formula is C26H28ClN3O4. The Labute approximate surface area is 203 Å². The van der Waals surface area contributed by atoms with Crippen LogP contribution in [0.3, 0.4) is 0 Å². The van der Waals surface area contributed by atoms with Crippen LogP contribution in [0, 0.1) is 0 Å². The van der Waals surface area contributed by atoms with Crippen LogP contribution in [0.1, 0.15) is 29.5 Å². The zero-order valence-electron chi connectivity index (χ0n) is 18.8. The highest BCUT2D eigenvalue weighted by molar-refractivity contribution is 6.33. The predicted molar refractivity (Wildman–Crippen MR) is 133 cm³/mol. The zero-order valence-corrected chi connectivity index (χ0v) is 19.5. The monoisotopic (exact) mass is 481 g/mol. The molecule has 0 fully saturated rings. The number of pyridine rings is 1. The highest BCUT2D eigenvalue weighted by Gasteiger charge is 2.14. The number of nitrogens with zero attached hydrogens (tertiary/aromatic N) is 1. The number of aromatic nitrogens is 1. The van der Waals surface area contributed by atoms with Crippen molar-refractivity contribution in [3.8, 4) is 11.1 Å². The minimum absolute atomic E-state index is 0.296. The first-order valence-electron chi connectivity index (χ1n) is 11.1. The number of aliphatic carboxylic acids is 2. The van der Waals surface area contributed by atoms with Crippen molar-refractivity contribution in [2.24, 2.45) is 0 Å². The third-order valence-corrected chi connectivity index (χ3v) is 5.79. The van der Waals surface area contributed by atoms with Gasteiger partial charge in [0.1, 0.15) is 0 Å². The Bertz CT molecular complexity index is 1090. The molecule has 2 heterocycles. The fraction of sp³-hybridized carbons (Fsp3) is 0.269. The van der Waals surface area contributed by atoms with E-state index in [1.165, 1.54) is 27.8 Å². The summed E-state index contributed by atoms with van der Waals surface area (Å²) in [5, 5.41) is 23.6. The molecule has 7 nitrogen and oxygen atoms in total. The molecule has 34 heavy (non-hydrogen) atoms. The molecule has 0 atom stereocenters. The smallest absolute Gasteiger partial charge is 0.303 e. The number of hydrogen-bond donors (Lipinski definition) is 4. The lowest BCUT2D eigenvalue weighted by Crippen LogP contribution is -2.16. The summed E-state index contributed by atoms with van der Waals surface area (Å²) in [7, 11) is 0. The Morgan fingerprint density at radius 2 is 1.50 bits per heavy atom. The van der Waals surface area contributed by atoms with Gasteiger partial charge in [0.25, 0.3) is 0 Å². The summed E-state index contributed by atoms with van der Waals surface area (Å²) in [6, 6.07) is 16.9. The van der Waals surface area contributed by atoms with Gasteiger partial charge in [-0.1, -0.05) is 41.9 Å². The molecule has 1 aliphatic heterocycles. The molecule has 0 amide bonds. The number of benzene rings is 2. The molecule has 0 unspecified atom stereocenters. The normalized spacial score (nSPS) is 12.5. The molecule has 1 aromatic heterocycles. The fourth-order valence-corrected chi connectivity index (χ4v) is 3.94. The summed E-state index contributed by atoms with van der Waals surface area (Å²) in [4.78, 5) is 23.4. The van der Waals surface area contributed by atoms with E-state index in [1.807, 2.05) is 30.6 Å². The summed E-state index contributed by atoms with van der Waals surface area (Å²) in [5.41, 5.74) is 7.47. The number of halogens is 1. The van der Waals surface area contributed by atoms with Crippen LogP contribution in [-0.2, 0) is 29.0 Å². The Balaban J connectivity index is 0.000000350. The summed E-state index contributed by atoms with van der Waals surface area (Å²) in [6.45, 7) is 2.80. The van der Waals surface area contributed by atoms with Crippen LogP contribution in [0.15, 0.2) is 60.9 Å². The highest BCUT2D eigenvalue weighted by atomic mass is 35.5. The van der Waals surface area contributed by atoms with Gasteiger partial charge in [-0.25, -0.2) is 0 Å². The third-order valence-electron chi connectivity index (χ3n) is 5.47. The zero-order chi connectivity index (χ0) is 24.3. The van der Waals surface area contributed by atoms with Gasteiger partial charge in [-0.05, 0) is 71.9 Å². The van der Waals surface area contributed by atoms with E-state index in [1.54, 1.807) is 0 Å². The van der Waals surface area contributed by atoms with Crippen molar-refractivity contribution in [2.45, 2.75) is 32.2 Å². The predicted octanol–water partition coefficient (Wildman–Crippen LogP) is 4.64. The number of hydrogen-bond acceptors (Lipinski definition) is 5. The first kappa shape index (κ1) is 25.2. The van der Waals surface area contributed by atoms with Crippen molar-refractivity contribution in [1.29, 1.82) is 0 Å². The number of carboxylic acid groups (broad SMARTS) is 2. The van der Waals surface area contributed by atoms with Crippen molar-refractivity contribution < 1.29 is 19.8 Å². The van der Waals surface area contributed by atoms with Crippen LogP contribution in [0.4, 0.5) is 5.69 Å². The quantitative estimate of drug-likeness (QED) is 0.389. The third kappa shape index (κ3) is 7.57. The van der Waals surface area contributed by atoms with Gasteiger partial charge in [0.2, 0.25) is 0 Å². The van der Waals surface area contributed by atoms with Gasteiger partial charge in [0.05, 0.1) is 23.6 Å². The molecule has 2 aromatic carbocycles. The number of anilines is 1. The van der Waals surface area contributed by atoms with Crippen molar-refractivity contribution in [1.82, 2.24) is 10.3 Å². The van der Waals surface area contributed by atoms with Gasteiger partial charge in [0.15, 0.2) is 0 Å². The molecule has 0 radical (unpaired) electrons. The van der Waals surface area contributed by atoms with E-state index in [4.69, 9.17) is 21.8 Å². The summed E-state index contributed by atoms with van der Waals surface area (Å²) in [5.74, 6) is -2.15. The maximum absolute atomic E-state index is 9.64. The van der Waals surface area contributed by atoms with Crippen molar-refractivity contribution >= 4 is 29.2 Å². The molecule has 0 aliphatic carbocycles. The van der Waals surface area contributed by atoms with Crippen LogP contribution in [-0.4, -0.2) is 40.2 Å². The Kier molecular flexibility index (Phi) is 9.43. The molecule has 3 aromatic rings. The van der Waals surface area contributed by atoms with Crippen LogP contribution >= 0.6 is 11.6 Å². The maximum Gasteiger partial charge on any atom is 0.303 e. The van der Waals surface area contributed by atoms with E-state index >= 15 is 0 Å². The number of nitrogens with one attached hydrogen (secondary N) is 2. The van der Waals surface area contributed by atoms with Gasteiger partial charge in [-0.3, -0.25) is 14.6 Å². The van der Waals surface area contributed by atoms with Crippen LogP contribution in [0.25, 0.3) is 11.1 Å². The van der Waals surface area contributed by atoms with Gasteiger partial charge in [0, 0.05) is 18.9 Å². The molecule has 0 bridgehead atoms. The van der Waals surface area contributed by atoms with E-state index in [0.717, 1.165) is 43.2 Å². The molecule has 1 aliphatic rings. The van der Waals surface area contributed by atoms with E-state index in [9.17, 15) is 9.59 Å². The second kappa shape index (κ2) is 12.7. The fourth-order valence-electron chi connectivity index (χ4n) is 3.70. The number of rotatable bonds is 7. The summed E-state index contributed by atoms with van der Waals surface area (Å²) < 4.78 is 0. The molecule has 8 heteroatoms. The number of carboxylic acids is 2. The first-order chi connectivity index (χ1) is 16.4. The van der Waals surface area contributed by atoms with Gasteiger partial charge < -0.3 is 20.8 Å². The Hall–Kier alpha value is -3.42. The van der Waals surface area contributed by atoms with E-state index < -0.39 is 11.9 Å². The van der Waals surface area contributed by atoms with Crippen molar-refractivity contribution in [3.05, 3.63) is 82.6 Å². The standard InChI is InChI=1S/C22H22ClN3.C4H6O4/c23-21-6-5-19-9-13-25-14-10-20(19)22(21)26-15-16-1-3-17(4-2-16)18-7-11-24-12-8-18;5-3(6)1-2-4(7)8/h1-8,11-12,25-26H,9-10,13-15H2;1-2H2,(H,5,6)(H,7,8). The summed E-state index contributed by atoms with van der Waals surface area (Å²) >= 11 is 6.50. The maximum atomic E-state index is 9.64. The average Bonchev–Trinajstić information content (AvgIpc) is 3.09. The average molecular weight is 482 g/mol.